The van der Waals surface area contributed by atoms with Gasteiger partial charge in [-0.3, -0.25) is 10.1 Å². The van der Waals surface area contributed by atoms with Gasteiger partial charge in [0.15, 0.2) is 5.75 Å². The summed E-state index contributed by atoms with van der Waals surface area (Å²) < 4.78 is 5.70. The van der Waals surface area contributed by atoms with Crippen LogP contribution in [-0.4, -0.2) is 11.5 Å². The van der Waals surface area contributed by atoms with Crippen molar-refractivity contribution in [1.29, 1.82) is 0 Å². The molecule has 0 heterocycles. The third-order valence-electron chi connectivity index (χ3n) is 1.59. The quantitative estimate of drug-likeness (QED) is 0.617. The van der Waals surface area contributed by atoms with Crippen molar-refractivity contribution in [3.05, 3.63) is 32.8 Å². The predicted molar refractivity (Wildman–Crippen MR) is 56.6 cm³/mol. The van der Waals surface area contributed by atoms with Crippen molar-refractivity contribution in [3.63, 3.8) is 0 Å². The fourth-order valence-electron chi connectivity index (χ4n) is 1.00. The molecule has 0 saturated heterocycles. The average Bonchev–Trinajstić information content (AvgIpc) is 2.14. The van der Waals surface area contributed by atoms with Crippen LogP contribution in [0.2, 0.25) is 0 Å². The van der Waals surface area contributed by atoms with Gasteiger partial charge in [-0.15, -0.1) is 0 Å². The number of ether oxygens (including phenoxy) is 1. The maximum Gasteiger partial charge on any atom is 0.324 e. The molecule has 0 aliphatic heterocycles. The Hall–Kier alpha value is -1.10. The molecular weight excluding hydrogens is 250 g/mol. The second-order valence-electron chi connectivity index (χ2n) is 2.69. The highest BCUT2D eigenvalue weighted by Gasteiger charge is 2.18. The minimum Gasteiger partial charge on any atom is -0.487 e. The lowest BCUT2D eigenvalue weighted by atomic mass is 10.3. The number of hydrogen-bond donors (Lipinski definition) is 0. The van der Waals surface area contributed by atoms with E-state index in [9.17, 15) is 10.1 Å². The van der Waals surface area contributed by atoms with Crippen LogP contribution in [-0.2, 0) is 0 Å². The molecule has 0 radical (unpaired) electrons. The molecule has 4 nitrogen and oxygen atoms in total. The van der Waals surface area contributed by atoms with Crippen LogP contribution in [0.15, 0.2) is 22.7 Å². The first kappa shape index (κ1) is 11.0. The summed E-state index contributed by atoms with van der Waals surface area (Å²) in [6, 6.07) is 4.93. The topological polar surface area (TPSA) is 52.4 Å². The molecule has 5 heteroatoms. The third kappa shape index (κ3) is 2.45. The van der Waals surface area contributed by atoms with E-state index in [4.69, 9.17) is 4.74 Å². The van der Waals surface area contributed by atoms with E-state index in [0.29, 0.717) is 16.8 Å². The van der Waals surface area contributed by atoms with E-state index in [0.717, 1.165) is 6.42 Å². The van der Waals surface area contributed by atoms with Crippen molar-refractivity contribution in [2.24, 2.45) is 0 Å². The SMILES string of the molecule is CCCOc1cccc(Br)c1[N+](=O)[O-]. The van der Waals surface area contributed by atoms with Crippen LogP contribution >= 0.6 is 15.9 Å². The fraction of sp³-hybridized carbons (Fsp3) is 0.333. The maximum atomic E-state index is 10.7. The molecule has 14 heavy (non-hydrogen) atoms. The number of benzene rings is 1. The third-order valence-corrected chi connectivity index (χ3v) is 2.23. The number of para-hydroxylation sites is 1. The summed E-state index contributed by atoms with van der Waals surface area (Å²) in [6.45, 7) is 2.43. The summed E-state index contributed by atoms with van der Waals surface area (Å²) in [5.41, 5.74) is -0.0130. The summed E-state index contributed by atoms with van der Waals surface area (Å²) in [4.78, 5) is 10.3. The van der Waals surface area contributed by atoms with Crippen LogP contribution in [0, 0.1) is 10.1 Å². The molecule has 1 aromatic rings. The van der Waals surface area contributed by atoms with Crippen LogP contribution in [0.1, 0.15) is 13.3 Å². The van der Waals surface area contributed by atoms with Crippen LogP contribution in [0.5, 0.6) is 5.75 Å². The van der Waals surface area contributed by atoms with Gasteiger partial charge in [0.2, 0.25) is 0 Å². The molecule has 76 valence electrons. The minimum atomic E-state index is -0.449. The summed E-state index contributed by atoms with van der Waals surface area (Å²) in [6.07, 6.45) is 0.823. The molecule has 0 saturated carbocycles. The standard InChI is InChI=1S/C9H10BrNO3/c1-2-6-14-8-5-3-4-7(10)9(8)11(12)13/h3-5H,2,6H2,1H3. The second kappa shape index (κ2) is 4.95. The Morgan fingerprint density at radius 3 is 2.86 bits per heavy atom. The minimum absolute atomic E-state index is 0.0130. The van der Waals surface area contributed by atoms with Crippen LogP contribution in [0.4, 0.5) is 5.69 Å². The zero-order valence-corrected chi connectivity index (χ0v) is 9.28. The first-order valence-corrected chi connectivity index (χ1v) is 5.01. The van der Waals surface area contributed by atoms with Crippen LogP contribution in [0.25, 0.3) is 0 Å². The van der Waals surface area contributed by atoms with E-state index in [1.54, 1.807) is 18.2 Å². The smallest absolute Gasteiger partial charge is 0.324 e. The lowest BCUT2D eigenvalue weighted by molar-refractivity contribution is -0.386. The first-order chi connectivity index (χ1) is 6.66. The van der Waals surface area contributed by atoms with Gasteiger partial charge in [0.1, 0.15) is 0 Å². The van der Waals surface area contributed by atoms with Crippen LogP contribution in [0.3, 0.4) is 0 Å². The number of nitro benzene ring substituents is 1. The Balaban J connectivity index is 3.02. The van der Waals surface area contributed by atoms with Crippen molar-refractivity contribution < 1.29 is 9.66 Å². The van der Waals surface area contributed by atoms with E-state index in [-0.39, 0.29) is 5.69 Å². The van der Waals surface area contributed by atoms with Crippen molar-refractivity contribution in [2.75, 3.05) is 6.61 Å². The summed E-state index contributed by atoms with van der Waals surface area (Å²) in [7, 11) is 0. The zero-order valence-electron chi connectivity index (χ0n) is 7.70. The Morgan fingerprint density at radius 2 is 2.29 bits per heavy atom. The second-order valence-corrected chi connectivity index (χ2v) is 3.55. The van der Waals surface area contributed by atoms with Gasteiger partial charge in [0, 0.05) is 0 Å². The van der Waals surface area contributed by atoms with E-state index in [1.165, 1.54) is 0 Å². The van der Waals surface area contributed by atoms with Crippen molar-refractivity contribution in [1.82, 2.24) is 0 Å². The van der Waals surface area contributed by atoms with E-state index in [1.807, 2.05) is 6.92 Å². The molecule has 0 N–H and O–H groups in total. The summed E-state index contributed by atoms with van der Waals surface area (Å²) in [5.74, 6) is 0.311. The molecule has 0 aromatic heterocycles. The largest absolute Gasteiger partial charge is 0.487 e. The van der Waals surface area contributed by atoms with Gasteiger partial charge in [0.25, 0.3) is 0 Å². The molecule has 0 bridgehead atoms. The van der Waals surface area contributed by atoms with Crippen molar-refractivity contribution in [3.8, 4) is 5.75 Å². The van der Waals surface area contributed by atoms with Crippen molar-refractivity contribution >= 4 is 21.6 Å². The normalized spacial score (nSPS) is 9.86. The lowest BCUT2D eigenvalue weighted by Crippen LogP contribution is -1.99. The number of nitro groups is 1. The van der Waals surface area contributed by atoms with Crippen molar-refractivity contribution in [2.45, 2.75) is 13.3 Å². The molecule has 0 aliphatic carbocycles. The van der Waals surface area contributed by atoms with E-state index >= 15 is 0 Å². The lowest BCUT2D eigenvalue weighted by Gasteiger charge is -2.05. The zero-order chi connectivity index (χ0) is 10.6. The van der Waals surface area contributed by atoms with Gasteiger partial charge < -0.3 is 4.74 Å². The molecule has 0 unspecified atom stereocenters. The highest BCUT2D eigenvalue weighted by atomic mass is 79.9. The molecular formula is C9H10BrNO3. The molecule has 0 spiro atoms. The van der Waals surface area contributed by atoms with Gasteiger partial charge >= 0.3 is 5.69 Å². The highest BCUT2D eigenvalue weighted by Crippen LogP contribution is 2.34. The molecule has 0 fully saturated rings. The number of nitrogens with zero attached hydrogens (tertiary/aromatic N) is 1. The van der Waals surface area contributed by atoms with Gasteiger partial charge in [-0.2, -0.15) is 0 Å². The average molecular weight is 260 g/mol. The van der Waals surface area contributed by atoms with Gasteiger partial charge in [-0.1, -0.05) is 13.0 Å². The predicted octanol–water partition coefficient (Wildman–Crippen LogP) is 3.15. The fourth-order valence-corrected chi connectivity index (χ4v) is 1.49. The molecule has 0 aliphatic rings. The summed E-state index contributed by atoms with van der Waals surface area (Å²) in [5, 5.41) is 10.7. The summed E-state index contributed by atoms with van der Waals surface area (Å²) >= 11 is 3.12. The molecule has 0 amide bonds. The van der Waals surface area contributed by atoms with Gasteiger partial charge in [-0.05, 0) is 34.5 Å². The number of rotatable bonds is 4. The monoisotopic (exact) mass is 259 g/mol. The Labute approximate surface area is 90.2 Å². The Kier molecular flexibility index (Phi) is 3.88. The van der Waals surface area contributed by atoms with Gasteiger partial charge in [-0.25, -0.2) is 0 Å². The Morgan fingerprint density at radius 1 is 1.57 bits per heavy atom. The number of hydrogen-bond acceptors (Lipinski definition) is 3. The van der Waals surface area contributed by atoms with E-state index in [2.05, 4.69) is 15.9 Å². The van der Waals surface area contributed by atoms with E-state index < -0.39 is 4.92 Å². The number of halogens is 1. The first-order valence-electron chi connectivity index (χ1n) is 4.22. The highest BCUT2D eigenvalue weighted by molar-refractivity contribution is 9.10. The molecule has 1 aromatic carbocycles. The molecule has 0 atom stereocenters. The molecule has 1 rings (SSSR count). The maximum absolute atomic E-state index is 10.7. The Bertz CT molecular complexity index is 341. The van der Waals surface area contributed by atoms with Crippen LogP contribution < -0.4 is 4.74 Å². The van der Waals surface area contributed by atoms with Gasteiger partial charge in [0.05, 0.1) is 16.0 Å².